The minimum absolute atomic E-state index is 0.109. The standard InChI is InChI=1S/C11H11BrF3NO/c12-7-5-9(16-3-1-2-4-16)10(6-8(7)13)17-11(14)15/h5-6,11H,1-4H2. The third-order valence-electron chi connectivity index (χ3n) is 2.66. The van der Waals surface area contributed by atoms with Gasteiger partial charge in [0.25, 0.3) is 0 Å². The number of hydrogen-bond acceptors (Lipinski definition) is 2. The molecule has 1 aliphatic heterocycles. The van der Waals surface area contributed by atoms with Crippen LogP contribution in [0.1, 0.15) is 12.8 Å². The highest BCUT2D eigenvalue weighted by Gasteiger charge is 2.20. The van der Waals surface area contributed by atoms with Crippen molar-refractivity contribution in [3.8, 4) is 5.75 Å². The van der Waals surface area contributed by atoms with Crippen molar-refractivity contribution < 1.29 is 17.9 Å². The molecule has 0 unspecified atom stereocenters. The molecule has 0 aromatic heterocycles. The molecule has 1 aromatic rings. The Labute approximate surface area is 105 Å². The van der Waals surface area contributed by atoms with Gasteiger partial charge < -0.3 is 9.64 Å². The molecule has 0 amide bonds. The van der Waals surface area contributed by atoms with Gasteiger partial charge in [0.1, 0.15) is 5.82 Å². The van der Waals surface area contributed by atoms with Gasteiger partial charge in [-0.05, 0) is 34.8 Å². The SMILES string of the molecule is Fc1cc(OC(F)F)c(N2CCCC2)cc1Br. The molecule has 1 saturated heterocycles. The molecule has 94 valence electrons. The second-order valence-electron chi connectivity index (χ2n) is 3.81. The summed E-state index contributed by atoms with van der Waals surface area (Å²) in [5.41, 5.74) is 0.510. The monoisotopic (exact) mass is 309 g/mol. The van der Waals surface area contributed by atoms with E-state index in [-0.39, 0.29) is 10.2 Å². The molecular weight excluding hydrogens is 299 g/mol. The Morgan fingerprint density at radius 3 is 2.47 bits per heavy atom. The molecule has 2 rings (SSSR count). The van der Waals surface area contributed by atoms with Gasteiger partial charge in [0.15, 0.2) is 5.75 Å². The van der Waals surface area contributed by atoms with Crippen molar-refractivity contribution in [2.75, 3.05) is 18.0 Å². The van der Waals surface area contributed by atoms with Crippen LogP contribution in [0.15, 0.2) is 16.6 Å². The Bertz CT molecular complexity index is 408. The molecule has 0 bridgehead atoms. The van der Waals surface area contributed by atoms with Crippen LogP contribution in [0.3, 0.4) is 0 Å². The summed E-state index contributed by atoms with van der Waals surface area (Å²) in [6, 6.07) is 2.47. The molecule has 0 radical (unpaired) electrons. The zero-order chi connectivity index (χ0) is 12.4. The van der Waals surface area contributed by atoms with Gasteiger partial charge in [-0.15, -0.1) is 0 Å². The number of anilines is 1. The number of ether oxygens (including phenoxy) is 1. The first-order chi connectivity index (χ1) is 8.08. The van der Waals surface area contributed by atoms with Crippen LogP contribution in [0, 0.1) is 5.82 Å². The van der Waals surface area contributed by atoms with Crippen LogP contribution in [0.4, 0.5) is 18.9 Å². The average molecular weight is 310 g/mol. The quantitative estimate of drug-likeness (QED) is 0.842. The van der Waals surface area contributed by atoms with E-state index in [2.05, 4.69) is 20.7 Å². The van der Waals surface area contributed by atoms with Crippen LogP contribution in [-0.2, 0) is 0 Å². The van der Waals surface area contributed by atoms with Crippen LogP contribution in [-0.4, -0.2) is 19.7 Å². The summed E-state index contributed by atoms with van der Waals surface area (Å²) in [4.78, 5) is 1.92. The second kappa shape index (κ2) is 5.16. The highest BCUT2D eigenvalue weighted by Crippen LogP contribution is 2.36. The van der Waals surface area contributed by atoms with Crippen LogP contribution in [0.25, 0.3) is 0 Å². The molecule has 0 aliphatic carbocycles. The van der Waals surface area contributed by atoms with Crippen molar-refractivity contribution in [2.24, 2.45) is 0 Å². The van der Waals surface area contributed by atoms with Gasteiger partial charge in [0.2, 0.25) is 0 Å². The van der Waals surface area contributed by atoms with E-state index in [1.54, 1.807) is 0 Å². The zero-order valence-electron chi connectivity index (χ0n) is 8.93. The Morgan fingerprint density at radius 2 is 1.88 bits per heavy atom. The van der Waals surface area contributed by atoms with Gasteiger partial charge in [0, 0.05) is 19.2 Å². The minimum Gasteiger partial charge on any atom is -0.433 e. The fourth-order valence-corrected chi connectivity index (χ4v) is 2.24. The van der Waals surface area contributed by atoms with Gasteiger partial charge in [0.05, 0.1) is 10.2 Å². The smallest absolute Gasteiger partial charge is 0.387 e. The summed E-state index contributed by atoms with van der Waals surface area (Å²) in [6.07, 6.45) is 2.01. The van der Waals surface area contributed by atoms with E-state index in [0.29, 0.717) is 5.69 Å². The van der Waals surface area contributed by atoms with E-state index in [4.69, 9.17) is 0 Å². The van der Waals surface area contributed by atoms with E-state index in [0.717, 1.165) is 32.0 Å². The summed E-state index contributed by atoms with van der Waals surface area (Å²) in [5.74, 6) is -0.716. The van der Waals surface area contributed by atoms with Crippen LogP contribution in [0.5, 0.6) is 5.75 Å². The molecule has 17 heavy (non-hydrogen) atoms. The number of alkyl halides is 2. The maximum atomic E-state index is 13.3. The highest BCUT2D eigenvalue weighted by molar-refractivity contribution is 9.10. The van der Waals surface area contributed by atoms with Crippen molar-refractivity contribution in [1.82, 2.24) is 0 Å². The van der Waals surface area contributed by atoms with E-state index < -0.39 is 12.4 Å². The molecular formula is C11H11BrF3NO. The Kier molecular flexibility index (Phi) is 3.81. The molecule has 0 atom stereocenters. The summed E-state index contributed by atoms with van der Waals surface area (Å²) in [5, 5.41) is 0. The van der Waals surface area contributed by atoms with Gasteiger partial charge in [-0.3, -0.25) is 0 Å². The largest absolute Gasteiger partial charge is 0.433 e. The first kappa shape index (κ1) is 12.5. The van der Waals surface area contributed by atoms with E-state index >= 15 is 0 Å². The minimum atomic E-state index is -2.95. The van der Waals surface area contributed by atoms with Crippen LogP contribution in [0.2, 0.25) is 0 Å². The number of halogens is 4. The molecule has 2 nitrogen and oxygen atoms in total. The average Bonchev–Trinajstić information content (AvgIpc) is 2.75. The lowest BCUT2D eigenvalue weighted by molar-refractivity contribution is -0.0496. The third-order valence-corrected chi connectivity index (χ3v) is 3.27. The molecule has 1 heterocycles. The first-order valence-electron chi connectivity index (χ1n) is 5.26. The summed E-state index contributed by atoms with van der Waals surface area (Å²) < 4.78 is 42.4. The number of nitrogens with zero attached hydrogens (tertiary/aromatic N) is 1. The lowest BCUT2D eigenvalue weighted by Crippen LogP contribution is -2.19. The predicted molar refractivity (Wildman–Crippen MR) is 62.2 cm³/mol. The van der Waals surface area contributed by atoms with Crippen molar-refractivity contribution in [1.29, 1.82) is 0 Å². The summed E-state index contributed by atoms with van der Waals surface area (Å²) in [7, 11) is 0. The topological polar surface area (TPSA) is 12.5 Å². The Hall–Kier alpha value is -0.910. The lowest BCUT2D eigenvalue weighted by atomic mass is 10.2. The second-order valence-corrected chi connectivity index (χ2v) is 4.66. The van der Waals surface area contributed by atoms with E-state index in [1.807, 2.05) is 4.90 Å². The molecule has 1 aliphatic rings. The maximum Gasteiger partial charge on any atom is 0.387 e. The molecule has 1 fully saturated rings. The van der Waals surface area contributed by atoms with Crippen molar-refractivity contribution in [2.45, 2.75) is 19.5 Å². The molecule has 6 heteroatoms. The fraction of sp³-hybridized carbons (Fsp3) is 0.455. The van der Waals surface area contributed by atoms with Gasteiger partial charge >= 0.3 is 6.61 Å². The van der Waals surface area contributed by atoms with Gasteiger partial charge in [-0.2, -0.15) is 8.78 Å². The van der Waals surface area contributed by atoms with E-state index in [9.17, 15) is 13.2 Å². The predicted octanol–water partition coefficient (Wildman–Crippen LogP) is 3.79. The van der Waals surface area contributed by atoms with Crippen LogP contribution >= 0.6 is 15.9 Å². The normalized spacial score (nSPS) is 15.7. The molecule has 0 saturated carbocycles. The Morgan fingerprint density at radius 1 is 1.24 bits per heavy atom. The third kappa shape index (κ3) is 2.86. The van der Waals surface area contributed by atoms with Gasteiger partial charge in [-0.1, -0.05) is 0 Å². The van der Waals surface area contributed by atoms with Crippen molar-refractivity contribution >= 4 is 21.6 Å². The van der Waals surface area contributed by atoms with Crippen molar-refractivity contribution in [3.05, 3.63) is 22.4 Å². The number of hydrogen-bond donors (Lipinski definition) is 0. The summed E-state index contributed by atoms with van der Waals surface area (Å²) in [6.45, 7) is -1.40. The highest BCUT2D eigenvalue weighted by atomic mass is 79.9. The van der Waals surface area contributed by atoms with Crippen molar-refractivity contribution in [3.63, 3.8) is 0 Å². The summed E-state index contributed by atoms with van der Waals surface area (Å²) >= 11 is 3.05. The van der Waals surface area contributed by atoms with Crippen LogP contribution < -0.4 is 9.64 Å². The Balaban J connectivity index is 2.35. The van der Waals surface area contributed by atoms with E-state index in [1.165, 1.54) is 6.07 Å². The first-order valence-corrected chi connectivity index (χ1v) is 6.06. The molecule has 0 spiro atoms. The fourth-order valence-electron chi connectivity index (χ4n) is 1.91. The molecule has 0 N–H and O–H groups in total. The molecule has 1 aromatic carbocycles. The maximum absolute atomic E-state index is 13.3. The number of benzene rings is 1. The van der Waals surface area contributed by atoms with Gasteiger partial charge in [-0.25, -0.2) is 4.39 Å². The number of rotatable bonds is 3. The zero-order valence-corrected chi connectivity index (χ0v) is 10.5. The lowest BCUT2D eigenvalue weighted by Gasteiger charge is -2.21.